The number of hydrogen-bond acceptors (Lipinski definition) is 5. The second-order valence-electron chi connectivity index (χ2n) is 3.89. The van der Waals surface area contributed by atoms with Crippen LogP contribution >= 0.6 is 11.3 Å². The van der Waals surface area contributed by atoms with Gasteiger partial charge in [0.05, 0.1) is 17.3 Å². The molecule has 2 aromatic heterocycles. The highest BCUT2D eigenvalue weighted by Crippen LogP contribution is 2.32. The summed E-state index contributed by atoms with van der Waals surface area (Å²) in [5.74, 6) is 0.815. The number of nitriles is 1. The predicted octanol–water partition coefficient (Wildman–Crippen LogP) is 3.24. The van der Waals surface area contributed by atoms with E-state index in [4.69, 9.17) is 10.00 Å². The third-order valence-electron chi connectivity index (χ3n) is 2.72. The number of hydrogen-bond donors (Lipinski definition) is 0. The first-order valence-corrected chi connectivity index (χ1v) is 6.43. The number of aromatic nitrogens is 2. The Labute approximate surface area is 113 Å². The average Bonchev–Trinajstić information content (AvgIpc) is 2.90. The van der Waals surface area contributed by atoms with Gasteiger partial charge in [0.25, 0.3) is 0 Å². The number of ether oxygens (including phenoxy) is 1. The lowest BCUT2D eigenvalue weighted by Gasteiger charge is -1.96. The molecule has 0 amide bonds. The fraction of sp³-hybridized carbons (Fsp3) is 0.0714. The van der Waals surface area contributed by atoms with E-state index >= 15 is 0 Å². The van der Waals surface area contributed by atoms with Crippen LogP contribution in [0.15, 0.2) is 36.5 Å². The van der Waals surface area contributed by atoms with Gasteiger partial charge in [0.2, 0.25) is 0 Å². The van der Waals surface area contributed by atoms with Gasteiger partial charge in [-0.15, -0.1) is 11.3 Å². The number of thiazole rings is 1. The molecule has 0 bridgehead atoms. The molecule has 3 rings (SSSR count). The zero-order valence-corrected chi connectivity index (χ0v) is 10.9. The van der Waals surface area contributed by atoms with E-state index in [0.29, 0.717) is 5.69 Å². The Balaban J connectivity index is 2.12. The molecule has 3 aromatic rings. The summed E-state index contributed by atoms with van der Waals surface area (Å²) >= 11 is 1.57. The highest BCUT2D eigenvalue weighted by atomic mass is 32.1. The lowest BCUT2D eigenvalue weighted by atomic mass is 10.2. The molecule has 0 spiro atoms. The zero-order chi connectivity index (χ0) is 13.2. The largest absolute Gasteiger partial charge is 0.497 e. The number of rotatable bonds is 2. The SMILES string of the molecule is COc1ccc2nc(-c3ccnc(C#N)c3)sc2c1. The standard InChI is InChI=1S/C14H9N3OS/c1-18-11-2-3-12-13(7-11)19-14(17-12)9-4-5-16-10(6-9)8-15/h2-7H,1H3. The third kappa shape index (κ3) is 2.14. The van der Waals surface area contributed by atoms with E-state index in [0.717, 1.165) is 26.5 Å². The molecule has 0 saturated heterocycles. The minimum atomic E-state index is 0.398. The Hall–Kier alpha value is -2.45. The van der Waals surface area contributed by atoms with Gasteiger partial charge >= 0.3 is 0 Å². The summed E-state index contributed by atoms with van der Waals surface area (Å²) < 4.78 is 6.26. The van der Waals surface area contributed by atoms with Crippen LogP contribution in [0.25, 0.3) is 20.8 Å². The zero-order valence-electron chi connectivity index (χ0n) is 10.1. The highest BCUT2D eigenvalue weighted by molar-refractivity contribution is 7.21. The summed E-state index contributed by atoms with van der Waals surface area (Å²) in [5, 5.41) is 9.75. The molecule has 1 aromatic carbocycles. The Morgan fingerprint density at radius 2 is 2.16 bits per heavy atom. The molecule has 5 heteroatoms. The van der Waals surface area contributed by atoms with Gasteiger partial charge in [0.1, 0.15) is 22.5 Å². The van der Waals surface area contributed by atoms with Crippen molar-refractivity contribution in [3.8, 4) is 22.4 Å². The van der Waals surface area contributed by atoms with E-state index in [1.807, 2.05) is 30.3 Å². The van der Waals surface area contributed by atoms with Crippen LogP contribution in [-0.2, 0) is 0 Å². The van der Waals surface area contributed by atoms with Gasteiger partial charge in [0.15, 0.2) is 0 Å². The topological polar surface area (TPSA) is 58.8 Å². The van der Waals surface area contributed by atoms with E-state index in [9.17, 15) is 0 Å². The summed E-state index contributed by atoms with van der Waals surface area (Å²) in [6.07, 6.45) is 1.63. The van der Waals surface area contributed by atoms with Crippen molar-refractivity contribution in [3.63, 3.8) is 0 Å². The molecule has 0 aliphatic heterocycles. The van der Waals surface area contributed by atoms with Crippen LogP contribution < -0.4 is 4.74 Å². The van der Waals surface area contributed by atoms with Crippen molar-refractivity contribution >= 4 is 21.6 Å². The molecule has 0 aliphatic rings. The Bertz CT molecular complexity index is 789. The van der Waals surface area contributed by atoms with Crippen molar-refractivity contribution < 1.29 is 4.74 Å². The molecule has 0 unspecified atom stereocenters. The summed E-state index contributed by atoms with van der Waals surface area (Å²) in [5.41, 5.74) is 2.23. The van der Waals surface area contributed by atoms with Crippen LogP contribution in [0.3, 0.4) is 0 Å². The first kappa shape index (κ1) is 11.6. The maximum absolute atomic E-state index is 8.87. The summed E-state index contributed by atoms with van der Waals surface area (Å²) in [4.78, 5) is 8.52. The van der Waals surface area contributed by atoms with Gasteiger partial charge < -0.3 is 4.74 Å². The van der Waals surface area contributed by atoms with E-state index in [1.165, 1.54) is 0 Å². The fourth-order valence-electron chi connectivity index (χ4n) is 1.78. The van der Waals surface area contributed by atoms with Gasteiger partial charge in [-0.1, -0.05) is 0 Å². The molecule has 0 radical (unpaired) electrons. The van der Waals surface area contributed by atoms with E-state index in [1.54, 1.807) is 30.7 Å². The van der Waals surface area contributed by atoms with Crippen molar-refractivity contribution in [2.24, 2.45) is 0 Å². The number of pyridine rings is 1. The predicted molar refractivity (Wildman–Crippen MR) is 74.1 cm³/mol. The van der Waals surface area contributed by atoms with Crippen molar-refractivity contribution in [2.45, 2.75) is 0 Å². The van der Waals surface area contributed by atoms with E-state index in [2.05, 4.69) is 9.97 Å². The number of fused-ring (bicyclic) bond motifs is 1. The molecule has 0 atom stereocenters. The summed E-state index contributed by atoms with van der Waals surface area (Å²) in [6.45, 7) is 0. The first-order valence-electron chi connectivity index (χ1n) is 5.61. The van der Waals surface area contributed by atoms with Crippen molar-refractivity contribution in [2.75, 3.05) is 7.11 Å². The number of benzene rings is 1. The number of methoxy groups -OCH3 is 1. The molecule has 4 nitrogen and oxygen atoms in total. The lowest BCUT2D eigenvalue weighted by molar-refractivity contribution is 0.415. The molecule has 0 saturated carbocycles. The molecular weight excluding hydrogens is 258 g/mol. The lowest BCUT2D eigenvalue weighted by Crippen LogP contribution is -1.83. The summed E-state index contributed by atoms with van der Waals surface area (Å²) in [6, 6.07) is 11.4. The van der Waals surface area contributed by atoms with Gasteiger partial charge in [-0.2, -0.15) is 5.26 Å². The second kappa shape index (κ2) is 4.67. The Morgan fingerprint density at radius 1 is 1.26 bits per heavy atom. The molecule has 0 aliphatic carbocycles. The van der Waals surface area contributed by atoms with Crippen molar-refractivity contribution in [1.82, 2.24) is 9.97 Å². The van der Waals surface area contributed by atoms with Crippen LogP contribution in [-0.4, -0.2) is 17.1 Å². The molecule has 19 heavy (non-hydrogen) atoms. The monoisotopic (exact) mass is 267 g/mol. The summed E-state index contributed by atoms with van der Waals surface area (Å²) in [7, 11) is 1.64. The average molecular weight is 267 g/mol. The Morgan fingerprint density at radius 3 is 2.95 bits per heavy atom. The third-order valence-corrected chi connectivity index (χ3v) is 3.78. The molecule has 2 heterocycles. The minimum absolute atomic E-state index is 0.398. The maximum atomic E-state index is 8.87. The molecular formula is C14H9N3OS. The van der Waals surface area contributed by atoms with Gasteiger partial charge in [0, 0.05) is 11.8 Å². The smallest absolute Gasteiger partial charge is 0.141 e. The van der Waals surface area contributed by atoms with Crippen molar-refractivity contribution in [1.29, 1.82) is 5.26 Å². The molecule has 0 fully saturated rings. The van der Waals surface area contributed by atoms with Crippen LogP contribution in [0.5, 0.6) is 5.75 Å². The minimum Gasteiger partial charge on any atom is -0.497 e. The van der Waals surface area contributed by atoms with Crippen molar-refractivity contribution in [3.05, 3.63) is 42.2 Å². The van der Waals surface area contributed by atoms with Crippen LogP contribution in [0.1, 0.15) is 5.69 Å². The van der Waals surface area contributed by atoms with Gasteiger partial charge in [-0.25, -0.2) is 9.97 Å². The molecule has 0 N–H and O–H groups in total. The number of nitrogens with zero attached hydrogens (tertiary/aromatic N) is 3. The van der Waals surface area contributed by atoms with Crippen LogP contribution in [0, 0.1) is 11.3 Å². The van der Waals surface area contributed by atoms with E-state index < -0.39 is 0 Å². The van der Waals surface area contributed by atoms with Gasteiger partial charge in [-0.05, 0) is 30.3 Å². The quantitative estimate of drug-likeness (QED) is 0.715. The fourth-order valence-corrected chi connectivity index (χ4v) is 2.77. The Kier molecular flexibility index (Phi) is 2.86. The maximum Gasteiger partial charge on any atom is 0.141 e. The van der Waals surface area contributed by atoms with E-state index in [-0.39, 0.29) is 0 Å². The van der Waals surface area contributed by atoms with Crippen LogP contribution in [0.2, 0.25) is 0 Å². The van der Waals surface area contributed by atoms with Crippen LogP contribution in [0.4, 0.5) is 0 Å². The highest BCUT2D eigenvalue weighted by Gasteiger charge is 2.08. The first-order chi connectivity index (χ1) is 9.30. The second-order valence-corrected chi connectivity index (χ2v) is 4.92. The normalized spacial score (nSPS) is 10.3. The molecule has 92 valence electrons. The van der Waals surface area contributed by atoms with Gasteiger partial charge in [-0.3, -0.25) is 0 Å².